The topological polar surface area (TPSA) is 65.0 Å². The van der Waals surface area contributed by atoms with Gasteiger partial charge in [0.05, 0.1) is 11.1 Å². The van der Waals surface area contributed by atoms with Crippen LogP contribution in [0.2, 0.25) is 0 Å². The van der Waals surface area contributed by atoms with Gasteiger partial charge >= 0.3 is 0 Å². The second-order valence-corrected chi connectivity index (χ2v) is 3.50. The molecule has 0 atom stereocenters. The molecule has 0 saturated carbocycles. The van der Waals surface area contributed by atoms with Gasteiger partial charge in [0.15, 0.2) is 5.51 Å². The minimum Gasteiger partial charge on any atom is -0.443 e. The standard InChI is InChI=1S/C9H4N3O2S/c1-3-14-12-6(1)8-7(11-5-15-8)9-10-2-4-13-9/h1-4H. The third kappa shape index (κ3) is 1.35. The zero-order chi connectivity index (χ0) is 10.1. The van der Waals surface area contributed by atoms with E-state index in [4.69, 9.17) is 8.94 Å². The number of rotatable bonds is 2. The van der Waals surface area contributed by atoms with E-state index in [0.29, 0.717) is 17.3 Å². The van der Waals surface area contributed by atoms with Gasteiger partial charge in [-0.05, 0) is 0 Å². The molecule has 3 aromatic rings. The van der Waals surface area contributed by atoms with Crippen LogP contribution in [0.4, 0.5) is 0 Å². The summed E-state index contributed by atoms with van der Waals surface area (Å²) in [6, 6.07) is 1.76. The molecule has 0 fully saturated rings. The van der Waals surface area contributed by atoms with E-state index in [1.165, 1.54) is 23.9 Å². The molecule has 73 valence electrons. The molecule has 1 radical (unpaired) electrons. The first-order valence-electron chi connectivity index (χ1n) is 4.12. The molecule has 0 unspecified atom stereocenters. The first-order chi connectivity index (χ1) is 7.45. The Kier molecular flexibility index (Phi) is 1.85. The molecule has 3 heterocycles. The molecule has 3 aromatic heterocycles. The first-order valence-corrected chi connectivity index (χ1v) is 4.94. The van der Waals surface area contributed by atoms with Gasteiger partial charge in [-0.3, -0.25) is 0 Å². The Balaban J connectivity index is 2.15. The van der Waals surface area contributed by atoms with Crippen molar-refractivity contribution in [3.05, 3.63) is 30.3 Å². The summed E-state index contributed by atoms with van der Waals surface area (Å²) in [4.78, 5) is 8.94. The molecule has 15 heavy (non-hydrogen) atoms. The van der Waals surface area contributed by atoms with E-state index in [-0.39, 0.29) is 0 Å². The quantitative estimate of drug-likeness (QED) is 0.660. The number of nitrogens with zero attached hydrogens (tertiary/aromatic N) is 3. The Morgan fingerprint density at radius 2 is 2.33 bits per heavy atom. The summed E-state index contributed by atoms with van der Waals surface area (Å²) < 4.78 is 9.95. The molecule has 3 rings (SSSR count). The maximum Gasteiger partial charge on any atom is 0.246 e. The Labute approximate surface area is 88.4 Å². The fourth-order valence-corrected chi connectivity index (χ4v) is 1.87. The van der Waals surface area contributed by atoms with E-state index in [1.54, 1.807) is 12.3 Å². The zero-order valence-corrected chi connectivity index (χ0v) is 8.19. The van der Waals surface area contributed by atoms with Crippen LogP contribution in [0, 0.1) is 5.51 Å². The largest absolute Gasteiger partial charge is 0.443 e. The SMILES string of the molecule is [c]1nc(-c2ncco2)c(-c2ccon2)s1. The summed E-state index contributed by atoms with van der Waals surface area (Å²) in [5.41, 5.74) is 4.13. The van der Waals surface area contributed by atoms with Crippen molar-refractivity contribution in [1.82, 2.24) is 15.1 Å². The van der Waals surface area contributed by atoms with Crippen LogP contribution < -0.4 is 0 Å². The maximum atomic E-state index is 5.17. The van der Waals surface area contributed by atoms with Crippen molar-refractivity contribution in [2.75, 3.05) is 0 Å². The maximum absolute atomic E-state index is 5.17. The molecule has 5 nitrogen and oxygen atoms in total. The molecule has 0 bridgehead atoms. The Bertz CT molecular complexity index is 493. The molecule has 0 N–H and O–H groups in total. The summed E-state index contributed by atoms with van der Waals surface area (Å²) in [6.45, 7) is 0. The van der Waals surface area contributed by atoms with Gasteiger partial charge in [-0.25, -0.2) is 9.97 Å². The highest BCUT2D eigenvalue weighted by Crippen LogP contribution is 2.32. The van der Waals surface area contributed by atoms with Gasteiger partial charge in [-0.2, -0.15) is 0 Å². The molecule has 6 heteroatoms. The van der Waals surface area contributed by atoms with Crippen LogP contribution in [0.25, 0.3) is 22.2 Å². The highest BCUT2D eigenvalue weighted by molar-refractivity contribution is 7.13. The predicted octanol–water partition coefficient (Wildman–Crippen LogP) is 2.25. The van der Waals surface area contributed by atoms with Gasteiger partial charge in [0.2, 0.25) is 5.89 Å². The monoisotopic (exact) mass is 218 g/mol. The lowest BCUT2D eigenvalue weighted by Gasteiger charge is -1.92. The summed E-state index contributed by atoms with van der Waals surface area (Å²) in [5, 5.41) is 3.84. The van der Waals surface area contributed by atoms with Gasteiger partial charge in [-0.1, -0.05) is 5.16 Å². The molecule has 0 aliphatic rings. The average Bonchev–Trinajstić information content (AvgIpc) is 3.01. The second-order valence-electron chi connectivity index (χ2n) is 2.70. The van der Waals surface area contributed by atoms with E-state index in [9.17, 15) is 0 Å². The normalized spacial score (nSPS) is 10.7. The first kappa shape index (κ1) is 8.37. The van der Waals surface area contributed by atoms with E-state index in [2.05, 4.69) is 20.6 Å². The van der Waals surface area contributed by atoms with Gasteiger partial charge < -0.3 is 8.94 Å². The average molecular weight is 218 g/mol. The van der Waals surface area contributed by atoms with Gasteiger partial charge in [-0.15, -0.1) is 11.3 Å². The van der Waals surface area contributed by atoms with Gasteiger partial charge in [0.25, 0.3) is 0 Å². The summed E-state index contributed by atoms with van der Waals surface area (Å²) >= 11 is 1.35. The summed E-state index contributed by atoms with van der Waals surface area (Å²) in [6.07, 6.45) is 4.58. The predicted molar refractivity (Wildman–Crippen MR) is 51.9 cm³/mol. The molecule has 0 aromatic carbocycles. The van der Waals surface area contributed by atoms with Crippen molar-refractivity contribution in [2.24, 2.45) is 0 Å². The van der Waals surface area contributed by atoms with Crippen LogP contribution in [0.15, 0.2) is 33.7 Å². The van der Waals surface area contributed by atoms with Crippen LogP contribution in [0.3, 0.4) is 0 Å². The molecular formula is C9H4N3O2S. The van der Waals surface area contributed by atoms with Crippen LogP contribution >= 0.6 is 11.3 Å². The van der Waals surface area contributed by atoms with Crippen LogP contribution in [-0.2, 0) is 0 Å². The number of oxazole rings is 1. The lowest BCUT2D eigenvalue weighted by Crippen LogP contribution is -1.81. The fraction of sp³-hybridized carbons (Fsp3) is 0. The fourth-order valence-electron chi connectivity index (χ4n) is 1.20. The number of aromatic nitrogens is 3. The van der Waals surface area contributed by atoms with E-state index >= 15 is 0 Å². The van der Waals surface area contributed by atoms with Crippen LogP contribution in [0.5, 0.6) is 0 Å². The third-order valence-electron chi connectivity index (χ3n) is 1.83. The molecule has 0 aliphatic heterocycles. The van der Waals surface area contributed by atoms with Crippen LogP contribution in [0.1, 0.15) is 0 Å². The van der Waals surface area contributed by atoms with Gasteiger partial charge in [0.1, 0.15) is 23.9 Å². The third-order valence-corrected chi connectivity index (χ3v) is 2.61. The van der Waals surface area contributed by atoms with Crippen molar-refractivity contribution >= 4 is 11.3 Å². The van der Waals surface area contributed by atoms with Gasteiger partial charge in [0, 0.05) is 6.07 Å². The second kappa shape index (κ2) is 3.32. The lowest BCUT2D eigenvalue weighted by atomic mass is 10.3. The number of hydrogen-bond donors (Lipinski definition) is 0. The molecule has 0 saturated heterocycles. The van der Waals surface area contributed by atoms with E-state index < -0.39 is 0 Å². The van der Waals surface area contributed by atoms with E-state index in [1.807, 2.05) is 0 Å². The van der Waals surface area contributed by atoms with E-state index in [0.717, 1.165) is 4.88 Å². The van der Waals surface area contributed by atoms with Crippen molar-refractivity contribution in [3.63, 3.8) is 0 Å². The smallest absolute Gasteiger partial charge is 0.246 e. The summed E-state index contributed by atoms with van der Waals surface area (Å²) in [5.74, 6) is 0.463. The van der Waals surface area contributed by atoms with Crippen molar-refractivity contribution < 1.29 is 8.94 Å². The minimum absolute atomic E-state index is 0.463. The molecule has 0 amide bonds. The highest BCUT2D eigenvalue weighted by atomic mass is 32.1. The zero-order valence-electron chi connectivity index (χ0n) is 7.38. The number of thiazole rings is 1. The molecular weight excluding hydrogens is 214 g/mol. The van der Waals surface area contributed by atoms with Crippen molar-refractivity contribution in [2.45, 2.75) is 0 Å². The Hall–Kier alpha value is -1.95. The van der Waals surface area contributed by atoms with Crippen molar-refractivity contribution in [1.29, 1.82) is 0 Å². The molecule has 0 spiro atoms. The lowest BCUT2D eigenvalue weighted by molar-refractivity contribution is 0.422. The minimum atomic E-state index is 0.463. The summed E-state index contributed by atoms with van der Waals surface area (Å²) in [7, 11) is 0. The number of hydrogen-bond acceptors (Lipinski definition) is 6. The van der Waals surface area contributed by atoms with Crippen molar-refractivity contribution in [3.8, 4) is 22.2 Å². The van der Waals surface area contributed by atoms with Crippen LogP contribution in [-0.4, -0.2) is 15.1 Å². The Morgan fingerprint density at radius 3 is 3.07 bits per heavy atom. The Morgan fingerprint density at radius 1 is 1.33 bits per heavy atom. The molecule has 0 aliphatic carbocycles. The highest BCUT2D eigenvalue weighted by Gasteiger charge is 2.16.